The lowest BCUT2D eigenvalue weighted by Gasteiger charge is -2.55. The van der Waals surface area contributed by atoms with Gasteiger partial charge in [-0.3, -0.25) is 0 Å². The summed E-state index contributed by atoms with van der Waals surface area (Å²) in [6.07, 6.45) is 4.23. The van der Waals surface area contributed by atoms with Gasteiger partial charge in [-0.2, -0.15) is 0 Å². The van der Waals surface area contributed by atoms with Crippen molar-refractivity contribution in [1.29, 1.82) is 0 Å². The highest BCUT2D eigenvalue weighted by molar-refractivity contribution is 5.02. The Labute approximate surface area is 72.6 Å². The molecule has 4 atom stereocenters. The Bertz CT molecular complexity index is 186. The summed E-state index contributed by atoms with van der Waals surface area (Å²) in [6, 6.07) is 0. The van der Waals surface area contributed by atoms with Gasteiger partial charge in [-0.1, -0.05) is 0 Å². The fraction of sp³-hybridized carbons (Fsp3) is 1.00. The molecule has 4 saturated carbocycles. The predicted molar refractivity (Wildman–Crippen MR) is 44.4 cm³/mol. The van der Waals surface area contributed by atoms with Crippen LogP contribution < -0.4 is 0 Å². The van der Waals surface area contributed by atoms with Gasteiger partial charge in [0.15, 0.2) is 0 Å². The van der Waals surface area contributed by atoms with Crippen molar-refractivity contribution < 1.29 is 10.2 Å². The molecule has 0 radical (unpaired) electrons. The van der Waals surface area contributed by atoms with Crippen molar-refractivity contribution in [3.8, 4) is 0 Å². The topological polar surface area (TPSA) is 40.5 Å². The van der Waals surface area contributed by atoms with Gasteiger partial charge in [0.2, 0.25) is 0 Å². The first kappa shape index (κ1) is 7.34. The first-order valence-corrected chi connectivity index (χ1v) is 5.12. The molecular weight excluding hydrogens is 152 g/mol. The largest absolute Gasteiger partial charge is 0.392 e. The van der Waals surface area contributed by atoms with Crippen LogP contribution in [0.2, 0.25) is 0 Å². The zero-order chi connectivity index (χ0) is 8.29. The van der Waals surface area contributed by atoms with E-state index in [2.05, 4.69) is 0 Å². The molecule has 0 amide bonds. The van der Waals surface area contributed by atoms with Gasteiger partial charge in [-0.05, 0) is 43.4 Å². The minimum atomic E-state index is -0.187. The molecule has 2 nitrogen and oxygen atoms in total. The molecule has 68 valence electrons. The van der Waals surface area contributed by atoms with E-state index < -0.39 is 0 Å². The standard InChI is InChI=1S/C10H16O2/c11-9-6-1-5-2-7(4-6)10(12)8(9)3-5/h5-12H,1-4H2/t5?,6-,7-,8?,9-,10-/m0/s1. The Morgan fingerprint density at radius 1 is 0.750 bits per heavy atom. The SMILES string of the molecule is O[C@@H]1C2CC3C[C@H]1C[C@H](C3)[C@@H]2O. The molecular formula is C10H16O2. The van der Waals surface area contributed by atoms with Crippen LogP contribution in [0.4, 0.5) is 0 Å². The third kappa shape index (κ3) is 0.775. The average molecular weight is 168 g/mol. The molecule has 4 rings (SSSR count). The Morgan fingerprint density at radius 3 is 1.92 bits per heavy atom. The molecule has 0 saturated heterocycles. The van der Waals surface area contributed by atoms with Crippen LogP contribution in [0.15, 0.2) is 0 Å². The van der Waals surface area contributed by atoms with Crippen LogP contribution in [0, 0.1) is 23.7 Å². The summed E-state index contributed by atoms with van der Waals surface area (Å²) in [5, 5.41) is 19.7. The summed E-state index contributed by atoms with van der Waals surface area (Å²) >= 11 is 0. The van der Waals surface area contributed by atoms with Crippen molar-refractivity contribution in [2.75, 3.05) is 0 Å². The number of hydrogen-bond donors (Lipinski definition) is 2. The molecule has 0 aliphatic heterocycles. The summed E-state index contributed by atoms with van der Waals surface area (Å²) in [5.74, 6) is 2.10. The maximum Gasteiger partial charge on any atom is 0.0621 e. The smallest absolute Gasteiger partial charge is 0.0621 e. The van der Waals surface area contributed by atoms with Crippen molar-refractivity contribution in [3.63, 3.8) is 0 Å². The lowest BCUT2D eigenvalue weighted by atomic mass is 9.54. The highest BCUT2D eigenvalue weighted by Crippen LogP contribution is 2.53. The van der Waals surface area contributed by atoms with E-state index in [1.165, 1.54) is 12.8 Å². The van der Waals surface area contributed by atoms with Crippen molar-refractivity contribution in [1.82, 2.24) is 0 Å². The van der Waals surface area contributed by atoms with E-state index in [9.17, 15) is 10.2 Å². The van der Waals surface area contributed by atoms with E-state index in [0.29, 0.717) is 11.8 Å². The maximum atomic E-state index is 9.84. The van der Waals surface area contributed by atoms with Gasteiger partial charge in [0, 0.05) is 5.92 Å². The minimum absolute atomic E-state index is 0.187. The van der Waals surface area contributed by atoms with Gasteiger partial charge >= 0.3 is 0 Å². The minimum Gasteiger partial charge on any atom is -0.392 e. The molecule has 0 heterocycles. The van der Waals surface area contributed by atoms with E-state index in [0.717, 1.165) is 18.8 Å². The normalized spacial score (nSPS) is 62.5. The Morgan fingerprint density at radius 2 is 1.33 bits per heavy atom. The van der Waals surface area contributed by atoms with Gasteiger partial charge in [0.25, 0.3) is 0 Å². The van der Waals surface area contributed by atoms with Crippen molar-refractivity contribution >= 4 is 0 Å². The van der Waals surface area contributed by atoms with Gasteiger partial charge in [0.05, 0.1) is 12.2 Å². The fourth-order valence-corrected chi connectivity index (χ4v) is 3.85. The molecule has 0 aromatic rings. The molecule has 0 unspecified atom stereocenters. The highest BCUT2D eigenvalue weighted by Gasteiger charge is 2.52. The quantitative estimate of drug-likeness (QED) is 0.561. The second-order valence-corrected chi connectivity index (χ2v) is 4.97. The van der Waals surface area contributed by atoms with Crippen LogP contribution in [-0.4, -0.2) is 22.4 Å². The van der Waals surface area contributed by atoms with E-state index in [1.807, 2.05) is 0 Å². The monoisotopic (exact) mass is 168 g/mol. The molecule has 0 spiro atoms. The van der Waals surface area contributed by atoms with Crippen molar-refractivity contribution in [2.45, 2.75) is 37.9 Å². The Hall–Kier alpha value is -0.0800. The van der Waals surface area contributed by atoms with Crippen LogP contribution in [0.1, 0.15) is 25.7 Å². The van der Waals surface area contributed by atoms with Gasteiger partial charge < -0.3 is 10.2 Å². The lowest BCUT2D eigenvalue weighted by molar-refractivity contribution is -0.161. The molecule has 4 fully saturated rings. The lowest BCUT2D eigenvalue weighted by Crippen LogP contribution is -2.55. The predicted octanol–water partition coefficient (Wildman–Crippen LogP) is 0.774. The third-order valence-corrected chi connectivity index (χ3v) is 4.33. The first-order valence-electron chi connectivity index (χ1n) is 5.12. The first-order chi connectivity index (χ1) is 5.75. The highest BCUT2D eigenvalue weighted by atomic mass is 16.3. The van der Waals surface area contributed by atoms with Crippen molar-refractivity contribution in [3.05, 3.63) is 0 Å². The Balaban J connectivity index is 1.93. The molecule has 0 aromatic carbocycles. The second-order valence-electron chi connectivity index (χ2n) is 4.97. The molecule has 2 heteroatoms. The van der Waals surface area contributed by atoms with E-state index >= 15 is 0 Å². The zero-order valence-corrected chi connectivity index (χ0v) is 7.19. The fourth-order valence-electron chi connectivity index (χ4n) is 3.85. The molecule has 4 bridgehead atoms. The van der Waals surface area contributed by atoms with Gasteiger partial charge in [-0.25, -0.2) is 0 Å². The molecule has 0 aromatic heterocycles. The maximum absolute atomic E-state index is 9.84. The average Bonchev–Trinajstić information content (AvgIpc) is 2.07. The van der Waals surface area contributed by atoms with E-state index in [-0.39, 0.29) is 18.1 Å². The number of hydrogen-bond acceptors (Lipinski definition) is 2. The van der Waals surface area contributed by atoms with Gasteiger partial charge in [-0.15, -0.1) is 0 Å². The van der Waals surface area contributed by atoms with Crippen LogP contribution in [0.25, 0.3) is 0 Å². The summed E-state index contributed by atoms with van der Waals surface area (Å²) in [7, 11) is 0. The molecule has 12 heavy (non-hydrogen) atoms. The van der Waals surface area contributed by atoms with Crippen LogP contribution in [0.3, 0.4) is 0 Å². The molecule has 4 aliphatic carbocycles. The molecule has 4 aliphatic rings. The zero-order valence-electron chi connectivity index (χ0n) is 7.19. The molecule has 2 N–H and O–H groups in total. The number of aliphatic hydroxyl groups is 2. The van der Waals surface area contributed by atoms with Crippen molar-refractivity contribution in [2.24, 2.45) is 23.7 Å². The number of rotatable bonds is 0. The second kappa shape index (κ2) is 2.24. The summed E-state index contributed by atoms with van der Waals surface area (Å²) in [5.41, 5.74) is 0. The summed E-state index contributed by atoms with van der Waals surface area (Å²) in [4.78, 5) is 0. The van der Waals surface area contributed by atoms with E-state index in [4.69, 9.17) is 0 Å². The van der Waals surface area contributed by atoms with Gasteiger partial charge in [0.1, 0.15) is 0 Å². The third-order valence-electron chi connectivity index (χ3n) is 4.33. The van der Waals surface area contributed by atoms with Crippen LogP contribution in [0.5, 0.6) is 0 Å². The Kier molecular flexibility index (Phi) is 1.37. The number of aliphatic hydroxyl groups excluding tert-OH is 2. The summed E-state index contributed by atoms with van der Waals surface area (Å²) < 4.78 is 0. The van der Waals surface area contributed by atoms with E-state index in [1.54, 1.807) is 0 Å². The summed E-state index contributed by atoms with van der Waals surface area (Å²) in [6.45, 7) is 0. The van der Waals surface area contributed by atoms with Crippen LogP contribution >= 0.6 is 0 Å². The van der Waals surface area contributed by atoms with Crippen LogP contribution in [-0.2, 0) is 0 Å².